The Hall–Kier alpha value is -1.09. The Morgan fingerprint density at radius 3 is 2.22 bits per heavy atom. The van der Waals surface area contributed by atoms with Gasteiger partial charge in [-0.2, -0.15) is 0 Å². The highest BCUT2D eigenvalue weighted by Crippen LogP contribution is 2.28. The van der Waals surface area contributed by atoms with E-state index < -0.39 is 21.5 Å². The molecule has 0 aromatic heterocycles. The standard InChI is InChI=1S/C15H20F2N2O3S/c16-12-5-11(6-13(17)7-12)8-19-2-1-18(3-4-20)14-9-23(21,22)10-15(14)19/h5-7,14-15,20H,1-4,8-10H2. The zero-order valence-electron chi connectivity index (χ0n) is 12.7. The molecule has 2 aliphatic heterocycles. The minimum atomic E-state index is -3.13. The van der Waals surface area contributed by atoms with E-state index in [4.69, 9.17) is 5.11 Å². The normalized spacial score (nSPS) is 28.0. The molecule has 0 bridgehead atoms. The third-order valence-corrected chi connectivity index (χ3v) is 6.30. The number of piperazine rings is 1. The van der Waals surface area contributed by atoms with Crippen LogP contribution >= 0.6 is 0 Å². The van der Waals surface area contributed by atoms with Gasteiger partial charge in [0, 0.05) is 44.3 Å². The second kappa shape index (κ2) is 6.43. The predicted octanol–water partition coefficient (Wildman–Crippen LogP) is 0.240. The number of rotatable bonds is 4. The summed E-state index contributed by atoms with van der Waals surface area (Å²) in [6.45, 7) is 1.99. The van der Waals surface area contributed by atoms with Crippen molar-refractivity contribution in [3.8, 4) is 0 Å². The average molecular weight is 346 g/mol. The molecular formula is C15H20F2N2O3S. The molecule has 1 aromatic carbocycles. The number of fused-ring (bicyclic) bond motifs is 1. The monoisotopic (exact) mass is 346 g/mol. The van der Waals surface area contributed by atoms with Crippen LogP contribution in [0.4, 0.5) is 8.78 Å². The number of hydrogen-bond acceptors (Lipinski definition) is 5. The zero-order chi connectivity index (χ0) is 16.6. The van der Waals surface area contributed by atoms with Gasteiger partial charge in [0.05, 0.1) is 18.1 Å². The van der Waals surface area contributed by atoms with E-state index in [1.807, 2.05) is 9.80 Å². The van der Waals surface area contributed by atoms with Crippen LogP contribution in [0, 0.1) is 11.6 Å². The Bertz CT molecular complexity index is 663. The molecule has 1 aromatic rings. The van der Waals surface area contributed by atoms with Gasteiger partial charge in [-0.15, -0.1) is 0 Å². The van der Waals surface area contributed by atoms with Crippen LogP contribution in [0.1, 0.15) is 5.56 Å². The van der Waals surface area contributed by atoms with Crippen molar-refractivity contribution in [3.63, 3.8) is 0 Å². The SMILES string of the molecule is O=S1(=O)CC2C(C1)N(Cc1cc(F)cc(F)c1)CCN2CCO. The molecule has 5 nitrogen and oxygen atoms in total. The van der Waals surface area contributed by atoms with Crippen molar-refractivity contribution in [1.82, 2.24) is 9.80 Å². The van der Waals surface area contributed by atoms with E-state index in [1.165, 1.54) is 12.1 Å². The van der Waals surface area contributed by atoms with Crippen LogP contribution in [0.15, 0.2) is 18.2 Å². The number of halogens is 2. The van der Waals surface area contributed by atoms with Gasteiger partial charge in [0.25, 0.3) is 0 Å². The fraction of sp³-hybridized carbons (Fsp3) is 0.600. The van der Waals surface area contributed by atoms with Gasteiger partial charge in [-0.25, -0.2) is 17.2 Å². The summed E-state index contributed by atoms with van der Waals surface area (Å²) in [7, 11) is -3.13. The van der Waals surface area contributed by atoms with E-state index in [1.54, 1.807) is 0 Å². The van der Waals surface area contributed by atoms with Gasteiger partial charge in [0.1, 0.15) is 11.6 Å². The maximum Gasteiger partial charge on any atom is 0.153 e. The Labute approximate surface area is 134 Å². The second-order valence-corrected chi connectivity index (χ2v) is 8.37. The summed E-state index contributed by atoms with van der Waals surface area (Å²) in [4.78, 5) is 3.98. The number of nitrogens with zero attached hydrogens (tertiary/aromatic N) is 2. The Kier molecular flexibility index (Phi) is 4.68. The summed E-state index contributed by atoms with van der Waals surface area (Å²) in [5.74, 6) is -1.13. The largest absolute Gasteiger partial charge is 0.395 e. The Balaban J connectivity index is 1.80. The first-order chi connectivity index (χ1) is 10.9. The summed E-state index contributed by atoms with van der Waals surface area (Å²) in [5.41, 5.74) is 0.501. The van der Waals surface area contributed by atoms with Crippen molar-refractivity contribution >= 4 is 9.84 Å². The van der Waals surface area contributed by atoms with Crippen LogP contribution in [0.25, 0.3) is 0 Å². The lowest BCUT2D eigenvalue weighted by Crippen LogP contribution is -2.59. The maximum atomic E-state index is 13.3. The van der Waals surface area contributed by atoms with Gasteiger partial charge in [0.2, 0.25) is 0 Å². The molecule has 2 aliphatic rings. The fourth-order valence-electron chi connectivity index (χ4n) is 3.64. The van der Waals surface area contributed by atoms with Gasteiger partial charge in [-0.3, -0.25) is 9.80 Å². The molecule has 23 heavy (non-hydrogen) atoms. The van der Waals surface area contributed by atoms with E-state index in [0.717, 1.165) is 6.07 Å². The maximum absolute atomic E-state index is 13.3. The van der Waals surface area contributed by atoms with Crippen molar-refractivity contribution < 1.29 is 22.3 Å². The first-order valence-corrected chi connectivity index (χ1v) is 9.44. The van der Waals surface area contributed by atoms with Crippen LogP contribution in [-0.2, 0) is 16.4 Å². The number of hydrogen-bond donors (Lipinski definition) is 1. The number of aliphatic hydroxyl groups is 1. The topological polar surface area (TPSA) is 60.9 Å². The number of sulfone groups is 1. The lowest BCUT2D eigenvalue weighted by atomic mass is 10.0. The van der Waals surface area contributed by atoms with E-state index in [0.29, 0.717) is 31.7 Å². The van der Waals surface area contributed by atoms with Gasteiger partial charge >= 0.3 is 0 Å². The molecule has 2 heterocycles. The third-order valence-electron chi connectivity index (χ3n) is 4.60. The molecule has 2 atom stereocenters. The van der Waals surface area contributed by atoms with Crippen LogP contribution in [0.2, 0.25) is 0 Å². The van der Waals surface area contributed by atoms with Crippen LogP contribution < -0.4 is 0 Å². The van der Waals surface area contributed by atoms with Crippen molar-refractivity contribution in [2.75, 3.05) is 37.7 Å². The summed E-state index contributed by atoms with van der Waals surface area (Å²) >= 11 is 0. The molecule has 3 rings (SSSR count). The lowest BCUT2D eigenvalue weighted by molar-refractivity contribution is 0.0307. The minimum absolute atomic E-state index is 0.0155. The van der Waals surface area contributed by atoms with E-state index in [9.17, 15) is 17.2 Å². The Morgan fingerprint density at radius 1 is 1.04 bits per heavy atom. The first-order valence-electron chi connectivity index (χ1n) is 7.62. The summed E-state index contributed by atoms with van der Waals surface area (Å²) < 4.78 is 50.7. The molecular weight excluding hydrogens is 326 g/mol. The first kappa shape index (κ1) is 16.8. The van der Waals surface area contributed by atoms with Crippen LogP contribution in [0.5, 0.6) is 0 Å². The highest BCUT2D eigenvalue weighted by molar-refractivity contribution is 7.91. The zero-order valence-corrected chi connectivity index (χ0v) is 13.5. The van der Waals surface area contributed by atoms with Gasteiger partial charge in [-0.05, 0) is 17.7 Å². The van der Waals surface area contributed by atoms with Crippen molar-refractivity contribution in [2.45, 2.75) is 18.6 Å². The molecule has 128 valence electrons. The molecule has 1 N–H and O–H groups in total. The van der Waals surface area contributed by atoms with E-state index in [-0.39, 0.29) is 30.2 Å². The highest BCUT2D eigenvalue weighted by atomic mass is 32.2. The number of β-amino-alcohol motifs (C(OH)–C–C–N with tert-alkyl or cyclic N) is 1. The van der Waals surface area contributed by atoms with Crippen LogP contribution in [-0.4, -0.2) is 73.2 Å². The van der Waals surface area contributed by atoms with Crippen molar-refractivity contribution in [1.29, 1.82) is 0 Å². The molecule has 8 heteroatoms. The molecule has 2 saturated heterocycles. The minimum Gasteiger partial charge on any atom is -0.395 e. The number of aliphatic hydroxyl groups excluding tert-OH is 1. The molecule has 0 saturated carbocycles. The summed E-state index contributed by atoms with van der Waals surface area (Å²) in [6.07, 6.45) is 0. The quantitative estimate of drug-likeness (QED) is 0.846. The molecule has 2 unspecified atom stereocenters. The third kappa shape index (κ3) is 3.71. The average Bonchev–Trinajstić information content (AvgIpc) is 2.76. The smallest absolute Gasteiger partial charge is 0.153 e. The van der Waals surface area contributed by atoms with E-state index in [2.05, 4.69) is 0 Å². The highest BCUT2D eigenvalue weighted by Gasteiger charge is 2.46. The molecule has 0 spiro atoms. The van der Waals surface area contributed by atoms with E-state index >= 15 is 0 Å². The lowest BCUT2D eigenvalue weighted by Gasteiger charge is -2.43. The van der Waals surface area contributed by atoms with Crippen molar-refractivity contribution in [2.24, 2.45) is 0 Å². The molecule has 0 aliphatic carbocycles. The Morgan fingerprint density at radius 2 is 1.61 bits per heavy atom. The van der Waals surface area contributed by atoms with Gasteiger partial charge in [-0.1, -0.05) is 0 Å². The predicted molar refractivity (Wildman–Crippen MR) is 81.7 cm³/mol. The number of benzene rings is 1. The molecule has 0 amide bonds. The van der Waals surface area contributed by atoms with Crippen molar-refractivity contribution in [3.05, 3.63) is 35.4 Å². The van der Waals surface area contributed by atoms with Gasteiger partial charge in [0.15, 0.2) is 9.84 Å². The molecule has 2 fully saturated rings. The summed E-state index contributed by atoms with van der Waals surface area (Å²) in [6, 6.07) is 3.01. The summed E-state index contributed by atoms with van der Waals surface area (Å²) in [5, 5.41) is 9.14. The molecule has 0 radical (unpaired) electrons. The second-order valence-electron chi connectivity index (χ2n) is 6.22. The van der Waals surface area contributed by atoms with Crippen LogP contribution in [0.3, 0.4) is 0 Å². The van der Waals surface area contributed by atoms with Gasteiger partial charge < -0.3 is 5.11 Å². The fourth-order valence-corrected chi connectivity index (χ4v) is 5.68.